The molecule has 152 valence electrons. The first kappa shape index (κ1) is 18.6. The Labute approximate surface area is 173 Å². The molecule has 0 saturated carbocycles. The van der Waals surface area contributed by atoms with Crippen molar-refractivity contribution in [1.29, 1.82) is 0 Å². The average Bonchev–Trinajstić information content (AvgIpc) is 3.43. The monoisotopic (exact) mass is 402 g/mol. The zero-order valence-electron chi connectivity index (χ0n) is 16.6. The van der Waals surface area contributed by atoms with Gasteiger partial charge in [0.15, 0.2) is 0 Å². The maximum atomic E-state index is 13.4. The van der Waals surface area contributed by atoms with Crippen LogP contribution in [0.15, 0.2) is 54.7 Å². The van der Waals surface area contributed by atoms with Crippen molar-refractivity contribution in [3.63, 3.8) is 0 Å². The van der Waals surface area contributed by atoms with E-state index in [1.165, 1.54) is 12.1 Å². The average molecular weight is 402 g/mol. The third-order valence-electron chi connectivity index (χ3n) is 5.76. The third-order valence-corrected chi connectivity index (χ3v) is 5.76. The van der Waals surface area contributed by atoms with Crippen LogP contribution < -0.4 is 10.2 Å². The minimum absolute atomic E-state index is 0.110. The van der Waals surface area contributed by atoms with Crippen LogP contribution in [0, 0.1) is 5.82 Å². The van der Waals surface area contributed by atoms with Crippen LogP contribution in [0.25, 0.3) is 21.8 Å². The lowest BCUT2D eigenvalue weighted by Crippen LogP contribution is -2.29. The lowest BCUT2D eigenvalue weighted by molar-refractivity contribution is 0.0954. The predicted octanol–water partition coefficient (Wildman–Crippen LogP) is 4.43. The van der Waals surface area contributed by atoms with Gasteiger partial charge in [0.2, 0.25) is 0 Å². The maximum absolute atomic E-state index is 13.4. The molecule has 3 heterocycles. The summed E-state index contributed by atoms with van der Waals surface area (Å²) in [5.74, 6) is 0.398. The minimum Gasteiger partial charge on any atom is -0.361 e. The Kier molecular flexibility index (Phi) is 4.83. The van der Waals surface area contributed by atoms with E-state index in [4.69, 9.17) is 4.98 Å². The highest BCUT2D eigenvalue weighted by Crippen LogP contribution is 2.26. The maximum Gasteiger partial charge on any atom is 0.255 e. The number of nitrogens with one attached hydrogen (secondary N) is 2. The molecular formula is C24H23FN4O. The molecule has 2 aromatic carbocycles. The molecule has 2 N–H and O–H groups in total. The Morgan fingerprint density at radius 2 is 1.97 bits per heavy atom. The number of benzene rings is 2. The number of pyridine rings is 1. The molecule has 0 bridgehead atoms. The fourth-order valence-corrected chi connectivity index (χ4v) is 4.21. The van der Waals surface area contributed by atoms with Gasteiger partial charge in [0, 0.05) is 42.1 Å². The number of aromatic amines is 1. The van der Waals surface area contributed by atoms with Crippen molar-refractivity contribution in [1.82, 2.24) is 15.3 Å². The number of para-hydroxylation sites is 1. The van der Waals surface area contributed by atoms with Crippen LogP contribution in [0.1, 0.15) is 28.8 Å². The molecular weight excluding hydrogens is 379 g/mol. The van der Waals surface area contributed by atoms with Gasteiger partial charge < -0.3 is 15.2 Å². The van der Waals surface area contributed by atoms with Gasteiger partial charge in [0.1, 0.15) is 11.6 Å². The van der Waals surface area contributed by atoms with Crippen LogP contribution in [-0.4, -0.2) is 35.5 Å². The first-order valence-electron chi connectivity index (χ1n) is 10.4. The molecule has 0 atom stereocenters. The number of aromatic nitrogens is 2. The highest BCUT2D eigenvalue weighted by molar-refractivity contribution is 6.02. The van der Waals surface area contributed by atoms with Gasteiger partial charge >= 0.3 is 0 Å². The van der Waals surface area contributed by atoms with Crippen molar-refractivity contribution in [3.05, 3.63) is 71.7 Å². The quantitative estimate of drug-likeness (QED) is 0.519. The number of carbonyl (C=O) groups excluding carboxylic acids is 1. The molecule has 1 amide bonds. The van der Waals surface area contributed by atoms with Gasteiger partial charge in [-0.15, -0.1) is 0 Å². The Morgan fingerprint density at radius 1 is 1.13 bits per heavy atom. The van der Waals surface area contributed by atoms with Gasteiger partial charge in [-0.25, -0.2) is 9.37 Å². The molecule has 0 unspecified atom stereocenters. The summed E-state index contributed by atoms with van der Waals surface area (Å²) in [4.78, 5) is 23.2. The summed E-state index contributed by atoms with van der Waals surface area (Å²) in [6.07, 6.45) is 4.79. The number of hydrogen-bond acceptors (Lipinski definition) is 3. The molecule has 30 heavy (non-hydrogen) atoms. The molecule has 5 nitrogen and oxygen atoms in total. The Morgan fingerprint density at radius 3 is 2.83 bits per heavy atom. The smallest absolute Gasteiger partial charge is 0.255 e. The molecule has 1 saturated heterocycles. The summed E-state index contributed by atoms with van der Waals surface area (Å²) in [6.45, 7) is 2.35. The van der Waals surface area contributed by atoms with Crippen molar-refractivity contribution in [2.24, 2.45) is 0 Å². The Balaban J connectivity index is 1.36. The van der Waals surface area contributed by atoms with E-state index in [2.05, 4.69) is 15.2 Å². The van der Waals surface area contributed by atoms with Crippen LogP contribution in [0.2, 0.25) is 0 Å². The molecule has 5 rings (SSSR count). The van der Waals surface area contributed by atoms with Crippen molar-refractivity contribution >= 4 is 33.5 Å². The second-order valence-electron chi connectivity index (χ2n) is 7.76. The van der Waals surface area contributed by atoms with Crippen LogP contribution in [0.3, 0.4) is 0 Å². The van der Waals surface area contributed by atoms with Crippen molar-refractivity contribution in [2.75, 3.05) is 24.5 Å². The second-order valence-corrected chi connectivity index (χ2v) is 7.76. The summed E-state index contributed by atoms with van der Waals surface area (Å²) in [5.41, 5.74) is 3.35. The normalized spacial score (nSPS) is 14.0. The number of nitrogens with zero attached hydrogens (tertiary/aromatic N) is 2. The van der Waals surface area contributed by atoms with Crippen LogP contribution in [0.5, 0.6) is 0 Å². The summed E-state index contributed by atoms with van der Waals surface area (Å²) >= 11 is 0. The Hall–Kier alpha value is -3.41. The van der Waals surface area contributed by atoms with E-state index >= 15 is 0 Å². The molecule has 1 aliphatic rings. The van der Waals surface area contributed by atoms with Gasteiger partial charge in [-0.2, -0.15) is 0 Å². The fourth-order valence-electron chi connectivity index (χ4n) is 4.21. The lowest BCUT2D eigenvalue weighted by Gasteiger charge is -2.20. The number of halogens is 1. The predicted molar refractivity (Wildman–Crippen MR) is 117 cm³/mol. The summed E-state index contributed by atoms with van der Waals surface area (Å²) < 4.78 is 13.4. The summed E-state index contributed by atoms with van der Waals surface area (Å²) in [6, 6.07) is 14.6. The zero-order chi connectivity index (χ0) is 20.5. The van der Waals surface area contributed by atoms with Crippen molar-refractivity contribution < 1.29 is 9.18 Å². The first-order chi connectivity index (χ1) is 14.7. The fraction of sp³-hybridized carbons (Fsp3) is 0.250. The minimum atomic E-state index is -0.262. The van der Waals surface area contributed by atoms with Gasteiger partial charge in [0.25, 0.3) is 5.91 Å². The Bertz CT molecular complexity index is 1230. The lowest BCUT2D eigenvalue weighted by atomic mass is 10.1. The van der Waals surface area contributed by atoms with Crippen LogP contribution in [0.4, 0.5) is 10.2 Å². The molecule has 0 radical (unpaired) electrons. The van der Waals surface area contributed by atoms with Crippen LogP contribution in [-0.2, 0) is 6.42 Å². The first-order valence-corrected chi connectivity index (χ1v) is 10.4. The SMILES string of the molecule is O=C(NCCc1c[nH]c2cc(F)ccc12)c1cc2ccccc2nc1N1CCCC1. The highest BCUT2D eigenvalue weighted by atomic mass is 19.1. The van der Waals surface area contributed by atoms with Gasteiger partial charge in [-0.3, -0.25) is 4.79 Å². The number of carbonyl (C=O) groups is 1. The van der Waals surface area contributed by atoms with E-state index in [-0.39, 0.29) is 11.7 Å². The highest BCUT2D eigenvalue weighted by Gasteiger charge is 2.22. The summed E-state index contributed by atoms with van der Waals surface area (Å²) in [5, 5.41) is 4.99. The number of hydrogen-bond donors (Lipinski definition) is 2. The van der Waals surface area contributed by atoms with Gasteiger partial charge in [-0.1, -0.05) is 18.2 Å². The second kappa shape index (κ2) is 7.78. The van der Waals surface area contributed by atoms with E-state index in [9.17, 15) is 9.18 Å². The topological polar surface area (TPSA) is 61.0 Å². The molecule has 6 heteroatoms. The van der Waals surface area contributed by atoms with E-state index in [1.54, 1.807) is 6.07 Å². The number of anilines is 1. The molecule has 1 aliphatic heterocycles. The molecule has 0 aliphatic carbocycles. The molecule has 1 fully saturated rings. The van der Waals surface area contributed by atoms with Crippen molar-refractivity contribution in [2.45, 2.75) is 19.3 Å². The van der Waals surface area contributed by atoms with Gasteiger partial charge in [0.05, 0.1) is 11.1 Å². The third kappa shape index (κ3) is 3.49. The standard InChI is InChI=1S/C24H23FN4O/c25-18-7-8-19-17(15-27-22(19)14-18)9-10-26-24(30)20-13-16-5-1-2-6-21(16)28-23(20)29-11-3-4-12-29/h1-2,5-8,13-15,27H,3-4,9-12H2,(H,26,30). The van der Waals surface area contributed by atoms with Gasteiger partial charge in [-0.05, 0) is 55.2 Å². The summed E-state index contributed by atoms with van der Waals surface area (Å²) in [7, 11) is 0. The number of fused-ring (bicyclic) bond motifs is 2. The van der Waals surface area contributed by atoms with E-state index in [1.807, 2.05) is 36.5 Å². The number of H-pyrrole nitrogens is 1. The van der Waals surface area contributed by atoms with E-state index in [0.717, 1.165) is 59.1 Å². The zero-order valence-corrected chi connectivity index (χ0v) is 16.6. The molecule has 0 spiro atoms. The van der Waals surface area contributed by atoms with Crippen molar-refractivity contribution in [3.8, 4) is 0 Å². The number of rotatable bonds is 5. The number of amides is 1. The molecule has 4 aromatic rings. The van der Waals surface area contributed by atoms with E-state index < -0.39 is 0 Å². The largest absolute Gasteiger partial charge is 0.361 e. The molecule has 2 aromatic heterocycles. The van der Waals surface area contributed by atoms with E-state index in [0.29, 0.717) is 18.5 Å². The van der Waals surface area contributed by atoms with Crippen LogP contribution >= 0.6 is 0 Å².